The second-order valence-corrected chi connectivity index (χ2v) is 6.69. The minimum Gasteiger partial charge on any atom is -0.360 e. The SMILES string of the molecule is O=S(=O)(Nc1cc(F)cc(F)c1)c1c[nH]c2cc(Cl)ccc12. The zero-order chi connectivity index (χ0) is 15.9. The van der Waals surface area contributed by atoms with Crippen molar-refractivity contribution in [3.63, 3.8) is 0 Å². The first-order valence-electron chi connectivity index (χ1n) is 6.11. The number of rotatable bonds is 3. The Bertz CT molecular complexity index is 950. The van der Waals surface area contributed by atoms with Crippen molar-refractivity contribution in [3.8, 4) is 0 Å². The molecule has 2 N–H and O–H groups in total. The van der Waals surface area contributed by atoms with Gasteiger partial charge in [0.2, 0.25) is 0 Å². The van der Waals surface area contributed by atoms with E-state index in [0.29, 0.717) is 22.0 Å². The van der Waals surface area contributed by atoms with Crippen LogP contribution in [0.2, 0.25) is 5.02 Å². The number of aromatic nitrogens is 1. The number of nitrogens with one attached hydrogen (secondary N) is 2. The second kappa shape index (κ2) is 5.26. The van der Waals surface area contributed by atoms with Crippen LogP contribution in [-0.2, 0) is 10.0 Å². The molecule has 22 heavy (non-hydrogen) atoms. The summed E-state index contributed by atoms with van der Waals surface area (Å²) in [7, 11) is -4.00. The Morgan fingerprint density at radius 2 is 1.73 bits per heavy atom. The molecule has 0 aliphatic carbocycles. The highest BCUT2D eigenvalue weighted by Crippen LogP contribution is 2.27. The fraction of sp³-hybridized carbons (Fsp3) is 0. The van der Waals surface area contributed by atoms with Gasteiger partial charge in [-0.25, -0.2) is 17.2 Å². The van der Waals surface area contributed by atoms with Crippen LogP contribution in [0.4, 0.5) is 14.5 Å². The van der Waals surface area contributed by atoms with Crippen LogP contribution in [0.15, 0.2) is 47.5 Å². The first-order chi connectivity index (χ1) is 10.3. The molecule has 0 atom stereocenters. The predicted molar refractivity (Wildman–Crippen MR) is 80.5 cm³/mol. The van der Waals surface area contributed by atoms with Crippen LogP contribution in [0.3, 0.4) is 0 Å². The summed E-state index contributed by atoms with van der Waals surface area (Å²) >= 11 is 5.84. The Morgan fingerprint density at radius 3 is 2.41 bits per heavy atom. The molecule has 3 rings (SSSR count). The van der Waals surface area contributed by atoms with Crippen molar-refractivity contribution in [1.29, 1.82) is 0 Å². The monoisotopic (exact) mass is 342 g/mol. The van der Waals surface area contributed by atoms with Crippen molar-refractivity contribution in [1.82, 2.24) is 4.98 Å². The van der Waals surface area contributed by atoms with Gasteiger partial charge < -0.3 is 4.98 Å². The highest BCUT2D eigenvalue weighted by Gasteiger charge is 2.19. The van der Waals surface area contributed by atoms with E-state index in [0.717, 1.165) is 12.1 Å². The van der Waals surface area contributed by atoms with Crippen LogP contribution >= 0.6 is 11.6 Å². The number of hydrogen-bond acceptors (Lipinski definition) is 2. The van der Waals surface area contributed by atoms with Gasteiger partial charge in [-0.05, 0) is 30.3 Å². The van der Waals surface area contributed by atoms with Crippen molar-refractivity contribution < 1.29 is 17.2 Å². The van der Waals surface area contributed by atoms with E-state index in [2.05, 4.69) is 9.71 Å². The van der Waals surface area contributed by atoms with Crippen LogP contribution in [0, 0.1) is 11.6 Å². The predicted octanol–water partition coefficient (Wildman–Crippen LogP) is 3.90. The highest BCUT2D eigenvalue weighted by atomic mass is 35.5. The van der Waals surface area contributed by atoms with Gasteiger partial charge in [-0.1, -0.05) is 11.6 Å². The average molecular weight is 343 g/mol. The van der Waals surface area contributed by atoms with E-state index in [1.165, 1.54) is 6.20 Å². The zero-order valence-electron chi connectivity index (χ0n) is 10.9. The van der Waals surface area contributed by atoms with E-state index in [4.69, 9.17) is 11.6 Å². The Labute approximate surface area is 129 Å². The third-order valence-electron chi connectivity index (χ3n) is 3.01. The molecule has 0 aliphatic heterocycles. The standard InChI is InChI=1S/C14H9ClF2N2O2S/c15-8-1-2-12-13(3-8)18-7-14(12)22(20,21)19-11-5-9(16)4-10(17)6-11/h1-7,18-19H. The van der Waals surface area contributed by atoms with Crippen molar-refractivity contribution in [2.24, 2.45) is 0 Å². The van der Waals surface area contributed by atoms with E-state index in [1.54, 1.807) is 18.2 Å². The van der Waals surface area contributed by atoms with Crippen molar-refractivity contribution in [3.05, 3.63) is 59.3 Å². The number of fused-ring (bicyclic) bond motifs is 1. The molecule has 0 bridgehead atoms. The quantitative estimate of drug-likeness (QED) is 0.758. The third kappa shape index (κ3) is 2.77. The van der Waals surface area contributed by atoms with Gasteiger partial charge in [0, 0.05) is 28.2 Å². The summed E-state index contributed by atoms with van der Waals surface area (Å²) < 4.78 is 53.2. The van der Waals surface area contributed by atoms with Crippen LogP contribution in [0.1, 0.15) is 0 Å². The van der Waals surface area contributed by atoms with Crippen LogP contribution in [0.25, 0.3) is 10.9 Å². The molecule has 1 heterocycles. The van der Waals surface area contributed by atoms with Crippen molar-refractivity contribution >= 4 is 38.2 Å². The molecule has 0 fully saturated rings. The van der Waals surface area contributed by atoms with E-state index in [9.17, 15) is 17.2 Å². The summed E-state index contributed by atoms with van der Waals surface area (Å²) in [5, 5.41) is 0.882. The average Bonchev–Trinajstić information content (AvgIpc) is 2.80. The number of anilines is 1. The van der Waals surface area contributed by atoms with Gasteiger partial charge in [0.05, 0.1) is 5.69 Å². The number of H-pyrrole nitrogens is 1. The smallest absolute Gasteiger partial charge is 0.264 e. The van der Waals surface area contributed by atoms with Gasteiger partial charge in [0.15, 0.2) is 0 Å². The fourth-order valence-electron chi connectivity index (χ4n) is 2.12. The molecular formula is C14H9ClF2N2O2S. The molecular weight excluding hydrogens is 334 g/mol. The molecule has 4 nitrogen and oxygen atoms in total. The van der Waals surface area contributed by atoms with E-state index >= 15 is 0 Å². The minimum atomic E-state index is -4.00. The van der Waals surface area contributed by atoms with Gasteiger partial charge in [-0.3, -0.25) is 4.72 Å². The maximum Gasteiger partial charge on any atom is 0.264 e. The molecule has 0 aliphatic rings. The molecule has 1 aromatic heterocycles. The number of aromatic amines is 1. The lowest BCUT2D eigenvalue weighted by Crippen LogP contribution is -2.12. The number of benzene rings is 2. The third-order valence-corrected chi connectivity index (χ3v) is 4.67. The normalized spacial score (nSPS) is 11.8. The van der Waals surface area contributed by atoms with Crippen LogP contribution in [-0.4, -0.2) is 13.4 Å². The summed E-state index contributed by atoms with van der Waals surface area (Å²) in [5.41, 5.74) is 0.346. The van der Waals surface area contributed by atoms with Crippen molar-refractivity contribution in [2.75, 3.05) is 4.72 Å². The number of halogens is 3. The van der Waals surface area contributed by atoms with Crippen LogP contribution in [0.5, 0.6) is 0 Å². The highest BCUT2D eigenvalue weighted by molar-refractivity contribution is 7.93. The molecule has 3 aromatic rings. The topological polar surface area (TPSA) is 62.0 Å². The minimum absolute atomic E-state index is 0.0381. The summed E-state index contributed by atoms with van der Waals surface area (Å²) in [5.74, 6) is -1.74. The van der Waals surface area contributed by atoms with Gasteiger partial charge in [-0.15, -0.1) is 0 Å². The molecule has 0 unspecified atom stereocenters. The molecule has 0 amide bonds. The van der Waals surface area contributed by atoms with E-state index in [1.807, 2.05) is 0 Å². The molecule has 114 valence electrons. The maximum absolute atomic E-state index is 13.1. The Hall–Kier alpha value is -2.12. The number of sulfonamides is 1. The van der Waals surface area contributed by atoms with Gasteiger partial charge in [-0.2, -0.15) is 0 Å². The van der Waals surface area contributed by atoms with Crippen LogP contribution < -0.4 is 4.72 Å². The Balaban J connectivity index is 2.04. The molecule has 2 aromatic carbocycles. The summed E-state index contributed by atoms with van der Waals surface area (Å²) in [6, 6.07) is 7.13. The molecule has 0 radical (unpaired) electrons. The maximum atomic E-state index is 13.1. The van der Waals surface area contributed by atoms with E-state index < -0.39 is 21.7 Å². The molecule has 8 heteroatoms. The van der Waals surface area contributed by atoms with Gasteiger partial charge in [0.25, 0.3) is 10.0 Å². The fourth-order valence-corrected chi connectivity index (χ4v) is 3.51. The number of hydrogen-bond donors (Lipinski definition) is 2. The lowest BCUT2D eigenvalue weighted by atomic mass is 10.2. The summed E-state index contributed by atoms with van der Waals surface area (Å²) in [6.07, 6.45) is 1.29. The first kappa shape index (κ1) is 14.8. The summed E-state index contributed by atoms with van der Waals surface area (Å²) in [4.78, 5) is 2.75. The second-order valence-electron chi connectivity index (χ2n) is 4.61. The van der Waals surface area contributed by atoms with E-state index in [-0.39, 0.29) is 10.6 Å². The molecule has 0 saturated carbocycles. The zero-order valence-corrected chi connectivity index (χ0v) is 12.5. The molecule has 0 spiro atoms. The molecule has 0 saturated heterocycles. The van der Waals surface area contributed by atoms with Gasteiger partial charge >= 0.3 is 0 Å². The largest absolute Gasteiger partial charge is 0.360 e. The Kier molecular flexibility index (Phi) is 3.54. The summed E-state index contributed by atoms with van der Waals surface area (Å²) in [6.45, 7) is 0. The van der Waals surface area contributed by atoms with Gasteiger partial charge in [0.1, 0.15) is 16.5 Å². The lowest BCUT2D eigenvalue weighted by molar-refractivity contribution is 0.584. The lowest BCUT2D eigenvalue weighted by Gasteiger charge is -2.07. The Morgan fingerprint density at radius 1 is 1.05 bits per heavy atom. The van der Waals surface area contributed by atoms with Crippen molar-refractivity contribution in [2.45, 2.75) is 4.90 Å². The first-order valence-corrected chi connectivity index (χ1v) is 7.97.